The molecule has 0 radical (unpaired) electrons. The summed E-state index contributed by atoms with van der Waals surface area (Å²) in [5, 5.41) is 2.10. The molecule has 0 bridgehead atoms. The quantitative estimate of drug-likeness (QED) is 0.805. The average molecular weight is 290 g/mol. The number of rotatable bonds is 3. The number of nitrogens with zero attached hydrogens (tertiary/aromatic N) is 2. The molecule has 1 aliphatic carbocycles. The molecule has 0 amide bonds. The Labute approximate surface area is 127 Å². The highest BCUT2D eigenvalue weighted by atomic mass is 32.2. The van der Waals surface area contributed by atoms with Crippen LogP contribution in [0.3, 0.4) is 0 Å². The van der Waals surface area contributed by atoms with Gasteiger partial charge in [0.25, 0.3) is 0 Å². The van der Waals surface area contributed by atoms with Crippen molar-refractivity contribution in [1.29, 1.82) is 0 Å². The lowest BCUT2D eigenvalue weighted by Gasteiger charge is -2.34. The summed E-state index contributed by atoms with van der Waals surface area (Å²) < 4.78 is 0. The van der Waals surface area contributed by atoms with Crippen molar-refractivity contribution < 1.29 is 0 Å². The van der Waals surface area contributed by atoms with Crippen LogP contribution in [-0.4, -0.2) is 28.7 Å². The summed E-state index contributed by atoms with van der Waals surface area (Å²) in [5.74, 6) is 0. The monoisotopic (exact) mass is 290 g/mol. The highest BCUT2D eigenvalue weighted by Gasteiger charge is 2.25. The molecule has 1 aliphatic heterocycles. The number of hydrogen-bond acceptors (Lipinski definition) is 3. The van der Waals surface area contributed by atoms with Crippen LogP contribution in [0.2, 0.25) is 0 Å². The first-order valence-electron chi connectivity index (χ1n) is 8.16. The maximum Gasteiger partial charge on any atom is 0.101 e. The number of aromatic nitrogens is 1. The molecular formula is C17H26N2S. The van der Waals surface area contributed by atoms with Crippen LogP contribution < -0.4 is 0 Å². The van der Waals surface area contributed by atoms with E-state index in [9.17, 15) is 0 Å². The molecule has 0 N–H and O–H groups in total. The van der Waals surface area contributed by atoms with Crippen LogP contribution >= 0.6 is 11.8 Å². The normalized spacial score (nSPS) is 25.8. The van der Waals surface area contributed by atoms with E-state index in [1.54, 1.807) is 0 Å². The highest BCUT2D eigenvalue weighted by molar-refractivity contribution is 7.99. The van der Waals surface area contributed by atoms with Gasteiger partial charge in [-0.05, 0) is 45.3 Å². The van der Waals surface area contributed by atoms with E-state index < -0.39 is 0 Å². The maximum atomic E-state index is 4.72. The SMILES string of the molecule is CN1CCCC[C@@H]1c1cccnc1SC1CCCCC1. The Morgan fingerprint density at radius 1 is 1.10 bits per heavy atom. The predicted molar refractivity (Wildman–Crippen MR) is 86.2 cm³/mol. The van der Waals surface area contributed by atoms with Crippen molar-refractivity contribution in [2.24, 2.45) is 0 Å². The lowest BCUT2D eigenvalue weighted by atomic mass is 9.97. The van der Waals surface area contributed by atoms with Crippen LogP contribution in [0.25, 0.3) is 0 Å². The molecule has 20 heavy (non-hydrogen) atoms. The second-order valence-electron chi connectivity index (χ2n) is 6.27. The Balaban J connectivity index is 1.76. The van der Waals surface area contributed by atoms with Crippen molar-refractivity contribution in [3.63, 3.8) is 0 Å². The molecule has 3 heteroatoms. The van der Waals surface area contributed by atoms with Crippen molar-refractivity contribution >= 4 is 11.8 Å². The summed E-state index contributed by atoms with van der Waals surface area (Å²) in [5.41, 5.74) is 1.48. The fraction of sp³-hybridized carbons (Fsp3) is 0.706. The summed E-state index contributed by atoms with van der Waals surface area (Å²) in [6, 6.07) is 5.01. The fourth-order valence-electron chi connectivity index (χ4n) is 3.56. The van der Waals surface area contributed by atoms with Gasteiger partial charge in [-0.3, -0.25) is 4.90 Å². The smallest absolute Gasteiger partial charge is 0.101 e. The Bertz CT molecular complexity index is 429. The Morgan fingerprint density at radius 3 is 2.70 bits per heavy atom. The fourth-order valence-corrected chi connectivity index (χ4v) is 4.91. The zero-order chi connectivity index (χ0) is 13.8. The Hall–Kier alpha value is -0.540. The Kier molecular flexibility index (Phi) is 5.00. The zero-order valence-corrected chi connectivity index (χ0v) is 13.4. The maximum absolute atomic E-state index is 4.72. The van der Waals surface area contributed by atoms with E-state index in [-0.39, 0.29) is 0 Å². The summed E-state index contributed by atoms with van der Waals surface area (Å²) in [7, 11) is 2.27. The van der Waals surface area contributed by atoms with E-state index in [1.807, 2.05) is 18.0 Å². The van der Waals surface area contributed by atoms with Crippen LogP contribution in [0.5, 0.6) is 0 Å². The topological polar surface area (TPSA) is 16.1 Å². The van der Waals surface area contributed by atoms with Gasteiger partial charge in [0, 0.05) is 23.1 Å². The van der Waals surface area contributed by atoms with Crippen LogP contribution in [0.4, 0.5) is 0 Å². The summed E-state index contributed by atoms with van der Waals surface area (Å²) >= 11 is 2.05. The van der Waals surface area contributed by atoms with Crippen LogP contribution in [0.15, 0.2) is 23.4 Å². The third-order valence-electron chi connectivity index (χ3n) is 4.76. The summed E-state index contributed by atoms with van der Waals surface area (Å²) in [6.45, 7) is 1.23. The molecule has 1 aromatic rings. The van der Waals surface area contributed by atoms with Crippen LogP contribution in [0.1, 0.15) is 63.0 Å². The molecule has 1 aromatic heterocycles. The predicted octanol–water partition coefficient (Wildman–Crippen LogP) is 4.66. The summed E-state index contributed by atoms with van der Waals surface area (Å²) in [6.07, 6.45) is 13.0. The van der Waals surface area contributed by atoms with Gasteiger partial charge in [0.05, 0.1) is 0 Å². The van der Waals surface area contributed by atoms with Crippen molar-refractivity contribution in [1.82, 2.24) is 9.88 Å². The zero-order valence-electron chi connectivity index (χ0n) is 12.6. The van der Waals surface area contributed by atoms with Crippen LogP contribution in [-0.2, 0) is 0 Å². The van der Waals surface area contributed by atoms with E-state index >= 15 is 0 Å². The lowest BCUT2D eigenvalue weighted by Crippen LogP contribution is -2.30. The molecule has 1 atom stereocenters. The van der Waals surface area contributed by atoms with Gasteiger partial charge in [0.2, 0.25) is 0 Å². The van der Waals surface area contributed by atoms with Gasteiger partial charge >= 0.3 is 0 Å². The highest BCUT2D eigenvalue weighted by Crippen LogP contribution is 2.39. The minimum atomic E-state index is 0.587. The molecule has 2 heterocycles. The first kappa shape index (κ1) is 14.4. The summed E-state index contributed by atoms with van der Waals surface area (Å²) in [4.78, 5) is 7.24. The van der Waals surface area contributed by atoms with Gasteiger partial charge in [-0.15, -0.1) is 11.8 Å². The second kappa shape index (κ2) is 6.95. The minimum absolute atomic E-state index is 0.587. The van der Waals surface area contributed by atoms with Gasteiger partial charge in [-0.2, -0.15) is 0 Å². The van der Waals surface area contributed by atoms with Crippen molar-refractivity contribution in [3.8, 4) is 0 Å². The molecule has 1 saturated heterocycles. The Morgan fingerprint density at radius 2 is 1.90 bits per heavy atom. The molecular weight excluding hydrogens is 264 g/mol. The first-order chi connectivity index (χ1) is 9.84. The van der Waals surface area contributed by atoms with Crippen LogP contribution in [0, 0.1) is 0 Å². The standard InChI is InChI=1S/C17H26N2S/c1-19-13-6-5-11-16(19)15-10-7-12-18-17(15)20-14-8-3-2-4-9-14/h7,10,12,14,16H,2-6,8-9,11,13H2,1H3/t16-/m1/s1. The number of likely N-dealkylation sites (tertiary alicyclic amines) is 1. The van der Waals surface area contributed by atoms with Crippen molar-refractivity contribution in [2.45, 2.75) is 67.7 Å². The average Bonchev–Trinajstić information content (AvgIpc) is 2.50. The molecule has 3 rings (SSSR count). The molecule has 2 aliphatic rings. The molecule has 0 aromatic carbocycles. The van der Waals surface area contributed by atoms with Crippen molar-refractivity contribution in [2.75, 3.05) is 13.6 Å². The second-order valence-corrected chi connectivity index (χ2v) is 7.56. The van der Waals surface area contributed by atoms with Gasteiger partial charge < -0.3 is 0 Å². The number of piperidine rings is 1. The third kappa shape index (κ3) is 3.37. The van der Waals surface area contributed by atoms with Gasteiger partial charge in [0.1, 0.15) is 5.03 Å². The molecule has 110 valence electrons. The van der Waals surface area contributed by atoms with E-state index in [1.165, 1.54) is 68.5 Å². The third-order valence-corrected chi connectivity index (χ3v) is 6.13. The first-order valence-corrected chi connectivity index (χ1v) is 9.04. The number of thioether (sulfide) groups is 1. The van der Waals surface area contributed by atoms with E-state index in [0.717, 1.165) is 5.25 Å². The van der Waals surface area contributed by atoms with Gasteiger partial charge in [0.15, 0.2) is 0 Å². The van der Waals surface area contributed by atoms with Gasteiger partial charge in [-0.1, -0.05) is 31.7 Å². The van der Waals surface area contributed by atoms with E-state index in [0.29, 0.717) is 6.04 Å². The minimum Gasteiger partial charge on any atom is -0.299 e. The molecule has 2 fully saturated rings. The van der Waals surface area contributed by atoms with Gasteiger partial charge in [-0.25, -0.2) is 4.98 Å². The lowest BCUT2D eigenvalue weighted by molar-refractivity contribution is 0.184. The number of pyridine rings is 1. The van der Waals surface area contributed by atoms with Crippen molar-refractivity contribution in [3.05, 3.63) is 23.9 Å². The molecule has 2 nitrogen and oxygen atoms in total. The van der Waals surface area contributed by atoms with E-state index in [2.05, 4.69) is 24.1 Å². The molecule has 1 saturated carbocycles. The van der Waals surface area contributed by atoms with E-state index in [4.69, 9.17) is 4.98 Å². The molecule has 0 spiro atoms. The number of hydrogen-bond donors (Lipinski definition) is 0. The largest absolute Gasteiger partial charge is 0.299 e. The molecule has 0 unspecified atom stereocenters.